The van der Waals surface area contributed by atoms with Gasteiger partial charge in [0.25, 0.3) is 0 Å². The van der Waals surface area contributed by atoms with Gasteiger partial charge in [-0.3, -0.25) is 0 Å². The van der Waals surface area contributed by atoms with Gasteiger partial charge in [-0.25, -0.2) is 4.98 Å². The number of rotatable bonds is 2. The van der Waals surface area contributed by atoms with Crippen LogP contribution < -0.4 is 0 Å². The Morgan fingerprint density at radius 3 is 2.45 bits per heavy atom. The van der Waals surface area contributed by atoms with E-state index in [1.54, 1.807) is 6.26 Å². The number of aromatic nitrogens is 1. The van der Waals surface area contributed by atoms with Crippen LogP contribution in [0.4, 0.5) is 0 Å². The molecule has 0 fully saturated rings. The summed E-state index contributed by atoms with van der Waals surface area (Å²) < 4.78 is 4.94. The van der Waals surface area contributed by atoms with Crippen LogP contribution in [0.2, 0.25) is 0 Å². The number of oxazole rings is 1. The smallest absolute Gasteiger partial charge is 0.180 e. The van der Waals surface area contributed by atoms with E-state index in [-0.39, 0.29) is 5.41 Å². The maximum Gasteiger partial charge on any atom is 0.180 e. The van der Waals surface area contributed by atoms with Gasteiger partial charge in [-0.15, -0.1) is 0 Å². The van der Waals surface area contributed by atoms with Crippen molar-refractivity contribution in [2.24, 2.45) is 5.92 Å². The molecule has 0 N–H and O–H groups in total. The van der Waals surface area contributed by atoms with Crippen LogP contribution in [0.5, 0.6) is 0 Å². The molecule has 0 radical (unpaired) electrons. The van der Waals surface area contributed by atoms with Gasteiger partial charge in [0.1, 0.15) is 6.26 Å². The van der Waals surface area contributed by atoms with Crippen LogP contribution in [0.25, 0.3) is 0 Å². The van der Waals surface area contributed by atoms with Crippen molar-refractivity contribution in [3.63, 3.8) is 0 Å². The zero-order valence-corrected chi connectivity index (χ0v) is 7.59. The summed E-state index contributed by atoms with van der Waals surface area (Å²) >= 11 is 0. The molecule has 0 aliphatic rings. The van der Waals surface area contributed by atoms with E-state index in [0.29, 0.717) is 5.92 Å². The molecular weight excluding hydrogens is 138 g/mol. The summed E-state index contributed by atoms with van der Waals surface area (Å²) in [5, 5.41) is 0. The SMILES string of the molecule is CC(C)C(C)(C)c1cocn1. The van der Waals surface area contributed by atoms with Crippen molar-refractivity contribution in [2.45, 2.75) is 33.1 Å². The lowest BCUT2D eigenvalue weighted by Crippen LogP contribution is -2.24. The van der Waals surface area contributed by atoms with Crippen LogP contribution in [0.1, 0.15) is 33.4 Å². The number of nitrogens with zero attached hydrogens (tertiary/aromatic N) is 1. The number of hydrogen-bond acceptors (Lipinski definition) is 2. The number of hydrogen-bond donors (Lipinski definition) is 0. The molecule has 0 bridgehead atoms. The molecule has 0 saturated heterocycles. The summed E-state index contributed by atoms with van der Waals surface area (Å²) in [5.74, 6) is 0.576. The summed E-state index contributed by atoms with van der Waals surface area (Å²) in [4.78, 5) is 4.14. The Bertz CT molecular complexity index is 211. The highest BCUT2D eigenvalue weighted by Crippen LogP contribution is 2.29. The minimum absolute atomic E-state index is 0.118. The topological polar surface area (TPSA) is 26.0 Å². The molecule has 2 nitrogen and oxygen atoms in total. The van der Waals surface area contributed by atoms with Crippen molar-refractivity contribution in [3.8, 4) is 0 Å². The van der Waals surface area contributed by atoms with Gasteiger partial charge in [0.05, 0.1) is 5.69 Å². The van der Waals surface area contributed by atoms with E-state index in [9.17, 15) is 0 Å². The predicted molar refractivity (Wildman–Crippen MR) is 44.4 cm³/mol. The highest BCUT2D eigenvalue weighted by Gasteiger charge is 2.26. The van der Waals surface area contributed by atoms with Crippen molar-refractivity contribution in [3.05, 3.63) is 18.4 Å². The van der Waals surface area contributed by atoms with Crippen molar-refractivity contribution >= 4 is 0 Å². The third-order valence-electron chi connectivity index (χ3n) is 2.54. The van der Waals surface area contributed by atoms with E-state index in [4.69, 9.17) is 4.42 Å². The van der Waals surface area contributed by atoms with E-state index in [0.717, 1.165) is 5.69 Å². The van der Waals surface area contributed by atoms with Gasteiger partial charge in [-0.1, -0.05) is 27.7 Å². The summed E-state index contributed by atoms with van der Waals surface area (Å²) in [6.45, 7) is 8.73. The predicted octanol–water partition coefficient (Wildman–Crippen LogP) is 2.61. The quantitative estimate of drug-likeness (QED) is 0.652. The van der Waals surface area contributed by atoms with E-state index in [1.807, 2.05) is 0 Å². The van der Waals surface area contributed by atoms with Crippen molar-refractivity contribution < 1.29 is 4.42 Å². The van der Waals surface area contributed by atoms with Gasteiger partial charge in [0, 0.05) is 5.41 Å². The molecule has 1 heterocycles. The fourth-order valence-corrected chi connectivity index (χ4v) is 0.827. The molecule has 1 rings (SSSR count). The lowest BCUT2D eigenvalue weighted by Gasteiger charge is -2.26. The first-order valence-electron chi connectivity index (χ1n) is 3.94. The van der Waals surface area contributed by atoms with Gasteiger partial charge in [-0.2, -0.15) is 0 Å². The first-order valence-corrected chi connectivity index (χ1v) is 3.94. The second-order valence-corrected chi connectivity index (χ2v) is 3.75. The average Bonchev–Trinajstić information content (AvgIpc) is 2.37. The second kappa shape index (κ2) is 2.68. The minimum atomic E-state index is 0.118. The molecule has 0 aliphatic heterocycles. The molecule has 2 heteroatoms. The maximum atomic E-state index is 4.94. The Kier molecular flexibility index (Phi) is 2.03. The monoisotopic (exact) mass is 153 g/mol. The Hall–Kier alpha value is -0.790. The maximum absolute atomic E-state index is 4.94. The van der Waals surface area contributed by atoms with Gasteiger partial charge in [0.15, 0.2) is 6.39 Å². The van der Waals surface area contributed by atoms with Gasteiger partial charge in [0.2, 0.25) is 0 Å². The molecule has 0 unspecified atom stereocenters. The second-order valence-electron chi connectivity index (χ2n) is 3.75. The first-order chi connectivity index (χ1) is 5.05. The van der Waals surface area contributed by atoms with Gasteiger partial charge in [-0.05, 0) is 5.92 Å². The van der Waals surface area contributed by atoms with Crippen molar-refractivity contribution in [1.82, 2.24) is 4.98 Å². The minimum Gasteiger partial charge on any atom is -0.451 e. The summed E-state index contributed by atoms with van der Waals surface area (Å²) in [6, 6.07) is 0. The zero-order valence-electron chi connectivity index (χ0n) is 7.59. The van der Waals surface area contributed by atoms with Crippen molar-refractivity contribution in [2.75, 3.05) is 0 Å². The first kappa shape index (κ1) is 8.31. The van der Waals surface area contributed by atoms with Crippen molar-refractivity contribution in [1.29, 1.82) is 0 Å². The van der Waals surface area contributed by atoms with E-state index in [1.165, 1.54) is 6.39 Å². The molecule has 62 valence electrons. The van der Waals surface area contributed by atoms with E-state index < -0.39 is 0 Å². The standard InChI is InChI=1S/C9H15NO/c1-7(2)9(3,4)8-5-11-6-10-8/h5-7H,1-4H3. The van der Waals surface area contributed by atoms with Crippen LogP contribution in [0.3, 0.4) is 0 Å². The largest absolute Gasteiger partial charge is 0.451 e. The van der Waals surface area contributed by atoms with E-state index >= 15 is 0 Å². The summed E-state index contributed by atoms with van der Waals surface area (Å²) in [5.41, 5.74) is 1.15. The third-order valence-corrected chi connectivity index (χ3v) is 2.54. The molecule has 0 atom stereocenters. The molecule has 1 aromatic heterocycles. The normalized spacial score (nSPS) is 12.5. The molecule has 1 aromatic rings. The Morgan fingerprint density at radius 1 is 1.45 bits per heavy atom. The molecule has 0 amide bonds. The van der Waals surface area contributed by atoms with Crippen LogP contribution >= 0.6 is 0 Å². The average molecular weight is 153 g/mol. The summed E-state index contributed by atoms with van der Waals surface area (Å²) in [7, 11) is 0. The highest BCUT2D eigenvalue weighted by molar-refractivity contribution is 5.09. The van der Waals surface area contributed by atoms with Crippen LogP contribution in [0.15, 0.2) is 17.1 Å². The molecule has 0 aromatic carbocycles. The fourth-order valence-electron chi connectivity index (χ4n) is 0.827. The highest BCUT2D eigenvalue weighted by atomic mass is 16.3. The van der Waals surface area contributed by atoms with Crippen LogP contribution in [0, 0.1) is 5.92 Å². The Labute approximate surface area is 67.6 Å². The third kappa shape index (κ3) is 1.44. The molecule has 0 aliphatic carbocycles. The van der Waals surface area contributed by atoms with Gasteiger partial charge >= 0.3 is 0 Å². The molecule has 0 spiro atoms. The zero-order chi connectivity index (χ0) is 8.48. The molecule has 0 saturated carbocycles. The lowest BCUT2D eigenvalue weighted by atomic mass is 9.79. The lowest BCUT2D eigenvalue weighted by molar-refractivity contribution is 0.361. The molecule has 11 heavy (non-hydrogen) atoms. The Morgan fingerprint density at radius 2 is 2.09 bits per heavy atom. The van der Waals surface area contributed by atoms with Crippen LogP contribution in [-0.2, 0) is 5.41 Å². The van der Waals surface area contributed by atoms with Gasteiger partial charge < -0.3 is 4.42 Å². The van der Waals surface area contributed by atoms with E-state index in [2.05, 4.69) is 32.7 Å². The molecular formula is C9H15NO. The fraction of sp³-hybridized carbons (Fsp3) is 0.667. The summed E-state index contributed by atoms with van der Waals surface area (Å²) in [6.07, 6.45) is 3.21. The van der Waals surface area contributed by atoms with Crippen LogP contribution in [-0.4, -0.2) is 4.98 Å². The Balaban J connectivity index is 2.90.